The standard InChI is InChI=1S/C13H17N3O2/c1-10(2)8-13(17)16-7-5-11(9-16)18-12-4-3-6-14-15-12/h3-4,6,8,11H,5,7,9H2,1-2H3/t11-/m0/s1. The Kier molecular flexibility index (Phi) is 3.92. The molecule has 0 unspecified atom stereocenters. The second-order valence-corrected chi connectivity index (χ2v) is 4.60. The maximum atomic E-state index is 11.8. The normalized spacial score (nSPS) is 18.6. The maximum Gasteiger partial charge on any atom is 0.246 e. The van der Waals surface area contributed by atoms with Crippen LogP contribution in [0.1, 0.15) is 20.3 Å². The van der Waals surface area contributed by atoms with Gasteiger partial charge in [0.05, 0.1) is 6.54 Å². The summed E-state index contributed by atoms with van der Waals surface area (Å²) in [5.41, 5.74) is 1.01. The molecule has 5 heteroatoms. The molecule has 1 aromatic heterocycles. The van der Waals surface area contributed by atoms with Gasteiger partial charge < -0.3 is 9.64 Å². The van der Waals surface area contributed by atoms with E-state index in [0.29, 0.717) is 12.4 Å². The molecule has 1 saturated heterocycles. The highest BCUT2D eigenvalue weighted by Gasteiger charge is 2.26. The third-order valence-electron chi connectivity index (χ3n) is 2.70. The number of carbonyl (C=O) groups excluding carboxylic acids is 1. The van der Waals surface area contributed by atoms with Crippen molar-refractivity contribution in [1.82, 2.24) is 15.1 Å². The average Bonchev–Trinajstić information content (AvgIpc) is 2.78. The number of hydrogen-bond donors (Lipinski definition) is 0. The van der Waals surface area contributed by atoms with E-state index in [4.69, 9.17) is 4.74 Å². The number of rotatable bonds is 3. The summed E-state index contributed by atoms with van der Waals surface area (Å²) < 4.78 is 5.67. The summed E-state index contributed by atoms with van der Waals surface area (Å²) >= 11 is 0. The number of likely N-dealkylation sites (tertiary alicyclic amines) is 1. The Bertz CT molecular complexity index is 441. The third kappa shape index (κ3) is 3.29. The van der Waals surface area contributed by atoms with Crippen LogP contribution >= 0.6 is 0 Å². The molecule has 1 aromatic rings. The molecule has 1 fully saturated rings. The van der Waals surface area contributed by atoms with Crippen LogP contribution in [-0.4, -0.2) is 40.2 Å². The molecule has 0 aromatic carbocycles. The first-order valence-electron chi connectivity index (χ1n) is 6.03. The van der Waals surface area contributed by atoms with Gasteiger partial charge in [0, 0.05) is 31.3 Å². The zero-order valence-corrected chi connectivity index (χ0v) is 10.7. The van der Waals surface area contributed by atoms with Crippen LogP contribution in [0.4, 0.5) is 0 Å². The summed E-state index contributed by atoms with van der Waals surface area (Å²) in [4.78, 5) is 13.6. The van der Waals surface area contributed by atoms with Gasteiger partial charge in [-0.05, 0) is 19.9 Å². The lowest BCUT2D eigenvalue weighted by Gasteiger charge is -2.15. The summed E-state index contributed by atoms with van der Waals surface area (Å²) in [6.45, 7) is 5.18. The van der Waals surface area contributed by atoms with Crippen LogP contribution in [0, 0.1) is 0 Å². The minimum absolute atomic E-state index is 0.0104. The molecule has 1 atom stereocenters. The molecule has 0 aliphatic carbocycles. The van der Waals surface area contributed by atoms with Gasteiger partial charge in [-0.3, -0.25) is 4.79 Å². The van der Waals surface area contributed by atoms with Gasteiger partial charge in [0.15, 0.2) is 0 Å². The van der Waals surface area contributed by atoms with E-state index in [1.54, 1.807) is 29.3 Å². The maximum absolute atomic E-state index is 11.8. The highest BCUT2D eigenvalue weighted by Crippen LogP contribution is 2.16. The van der Waals surface area contributed by atoms with Crippen molar-refractivity contribution < 1.29 is 9.53 Å². The highest BCUT2D eigenvalue weighted by atomic mass is 16.5. The Labute approximate surface area is 106 Å². The zero-order chi connectivity index (χ0) is 13.0. The van der Waals surface area contributed by atoms with E-state index in [0.717, 1.165) is 18.5 Å². The number of carbonyl (C=O) groups is 1. The molecular formula is C13H17N3O2. The number of allylic oxidation sites excluding steroid dienone is 1. The molecule has 96 valence electrons. The largest absolute Gasteiger partial charge is 0.471 e. The summed E-state index contributed by atoms with van der Waals surface area (Å²) in [7, 11) is 0. The molecule has 0 radical (unpaired) electrons. The van der Waals surface area contributed by atoms with Crippen LogP contribution in [0.25, 0.3) is 0 Å². The van der Waals surface area contributed by atoms with Gasteiger partial charge in [0.25, 0.3) is 0 Å². The fraction of sp³-hybridized carbons (Fsp3) is 0.462. The van der Waals surface area contributed by atoms with Crippen molar-refractivity contribution in [1.29, 1.82) is 0 Å². The van der Waals surface area contributed by atoms with Crippen molar-refractivity contribution in [3.63, 3.8) is 0 Å². The molecule has 2 heterocycles. The van der Waals surface area contributed by atoms with Crippen molar-refractivity contribution in [3.05, 3.63) is 30.0 Å². The van der Waals surface area contributed by atoms with Crippen molar-refractivity contribution >= 4 is 5.91 Å². The number of aromatic nitrogens is 2. The Morgan fingerprint density at radius 3 is 3.06 bits per heavy atom. The molecule has 0 saturated carbocycles. The molecule has 1 aliphatic heterocycles. The highest BCUT2D eigenvalue weighted by molar-refractivity contribution is 5.88. The number of hydrogen-bond acceptors (Lipinski definition) is 4. The van der Waals surface area contributed by atoms with Gasteiger partial charge >= 0.3 is 0 Å². The van der Waals surface area contributed by atoms with E-state index in [-0.39, 0.29) is 12.0 Å². The van der Waals surface area contributed by atoms with Gasteiger partial charge in [0.2, 0.25) is 11.8 Å². The fourth-order valence-electron chi connectivity index (χ4n) is 1.88. The van der Waals surface area contributed by atoms with Crippen LogP contribution in [0.2, 0.25) is 0 Å². The Hall–Kier alpha value is -1.91. The first kappa shape index (κ1) is 12.5. The second-order valence-electron chi connectivity index (χ2n) is 4.60. The van der Waals surface area contributed by atoms with E-state index < -0.39 is 0 Å². The molecule has 5 nitrogen and oxygen atoms in total. The third-order valence-corrected chi connectivity index (χ3v) is 2.70. The Morgan fingerprint density at radius 1 is 1.56 bits per heavy atom. The summed E-state index contributed by atoms with van der Waals surface area (Å²) in [5.74, 6) is 0.569. The lowest BCUT2D eigenvalue weighted by Crippen LogP contribution is -2.29. The predicted molar refractivity (Wildman–Crippen MR) is 67.1 cm³/mol. The topological polar surface area (TPSA) is 55.3 Å². The molecule has 1 amide bonds. The molecule has 1 aliphatic rings. The van der Waals surface area contributed by atoms with Gasteiger partial charge in [0.1, 0.15) is 6.10 Å². The van der Waals surface area contributed by atoms with Crippen molar-refractivity contribution in [2.45, 2.75) is 26.4 Å². The summed E-state index contributed by atoms with van der Waals surface area (Å²) in [6, 6.07) is 3.55. The minimum Gasteiger partial charge on any atom is -0.471 e. The number of amides is 1. The number of ether oxygens (including phenoxy) is 1. The summed E-state index contributed by atoms with van der Waals surface area (Å²) in [6.07, 6.45) is 4.10. The van der Waals surface area contributed by atoms with E-state index in [2.05, 4.69) is 10.2 Å². The Balaban J connectivity index is 1.89. The van der Waals surface area contributed by atoms with Crippen molar-refractivity contribution in [3.8, 4) is 5.88 Å². The SMILES string of the molecule is CC(C)=CC(=O)N1CC[C@H](Oc2cccnn2)C1. The molecule has 0 bridgehead atoms. The zero-order valence-electron chi connectivity index (χ0n) is 10.7. The molecular weight excluding hydrogens is 230 g/mol. The molecule has 0 N–H and O–H groups in total. The van der Waals surface area contributed by atoms with E-state index in [9.17, 15) is 4.79 Å². The number of nitrogens with zero attached hydrogens (tertiary/aromatic N) is 3. The fourth-order valence-corrected chi connectivity index (χ4v) is 1.88. The molecule has 18 heavy (non-hydrogen) atoms. The van der Waals surface area contributed by atoms with Crippen molar-refractivity contribution in [2.75, 3.05) is 13.1 Å². The summed E-state index contributed by atoms with van der Waals surface area (Å²) in [5, 5.41) is 7.63. The van der Waals surface area contributed by atoms with Gasteiger partial charge in [-0.2, -0.15) is 5.10 Å². The van der Waals surface area contributed by atoms with E-state index in [1.807, 2.05) is 13.8 Å². The Morgan fingerprint density at radius 2 is 2.39 bits per heavy atom. The lowest BCUT2D eigenvalue weighted by molar-refractivity contribution is -0.125. The first-order valence-corrected chi connectivity index (χ1v) is 6.03. The lowest BCUT2D eigenvalue weighted by atomic mass is 10.3. The second kappa shape index (κ2) is 5.62. The van der Waals surface area contributed by atoms with Crippen LogP contribution in [0.5, 0.6) is 5.88 Å². The van der Waals surface area contributed by atoms with Gasteiger partial charge in [-0.1, -0.05) is 5.57 Å². The van der Waals surface area contributed by atoms with E-state index in [1.165, 1.54) is 0 Å². The first-order chi connectivity index (χ1) is 8.65. The van der Waals surface area contributed by atoms with Crippen LogP contribution in [-0.2, 0) is 4.79 Å². The molecule has 0 spiro atoms. The van der Waals surface area contributed by atoms with Crippen LogP contribution in [0.15, 0.2) is 30.0 Å². The van der Waals surface area contributed by atoms with Crippen LogP contribution < -0.4 is 4.74 Å². The minimum atomic E-state index is 0.0104. The van der Waals surface area contributed by atoms with Gasteiger partial charge in [-0.15, -0.1) is 5.10 Å². The van der Waals surface area contributed by atoms with Crippen LogP contribution in [0.3, 0.4) is 0 Å². The molecule has 2 rings (SSSR count). The monoisotopic (exact) mass is 247 g/mol. The smallest absolute Gasteiger partial charge is 0.246 e. The van der Waals surface area contributed by atoms with E-state index >= 15 is 0 Å². The van der Waals surface area contributed by atoms with Crippen molar-refractivity contribution in [2.24, 2.45) is 0 Å². The van der Waals surface area contributed by atoms with Gasteiger partial charge in [-0.25, -0.2) is 0 Å². The average molecular weight is 247 g/mol. The predicted octanol–water partition coefficient (Wildman–Crippen LogP) is 1.42. The quantitative estimate of drug-likeness (QED) is 0.758.